The van der Waals surface area contributed by atoms with Crippen molar-refractivity contribution in [3.8, 4) is 0 Å². The molecule has 0 saturated heterocycles. The number of carbonyl (C=O) groups is 2. The van der Waals surface area contributed by atoms with Gasteiger partial charge in [-0.1, -0.05) is 37.3 Å². The van der Waals surface area contributed by atoms with Crippen LogP contribution in [0.15, 0.2) is 72.9 Å². The van der Waals surface area contributed by atoms with Gasteiger partial charge in [0.05, 0.1) is 6.04 Å². The predicted octanol–water partition coefficient (Wildman–Crippen LogP) is 4.50. The molecule has 0 fully saturated rings. The topological polar surface area (TPSA) is 57.6 Å². The maximum absolute atomic E-state index is 14.0. The second-order valence-corrected chi connectivity index (χ2v) is 7.89. The highest BCUT2D eigenvalue weighted by molar-refractivity contribution is 5.92. The molecule has 1 aliphatic rings. The number of fused-ring (bicyclic) bond motifs is 1. The lowest BCUT2D eigenvalue weighted by Crippen LogP contribution is -2.48. The monoisotopic (exact) mass is 434 g/mol. The Morgan fingerprint density at radius 1 is 1.06 bits per heavy atom. The molecule has 0 bridgehead atoms. The predicted molar refractivity (Wildman–Crippen MR) is 122 cm³/mol. The van der Waals surface area contributed by atoms with Crippen molar-refractivity contribution in [3.05, 3.63) is 90.0 Å². The molecule has 1 atom stereocenters. The van der Waals surface area contributed by atoms with Gasteiger partial charge in [-0.05, 0) is 48.4 Å². The number of hydrogen-bond acceptors (Lipinski definition) is 2. The molecule has 0 unspecified atom stereocenters. The number of carbonyl (C=O) groups excluding carboxylic acids is 2. The Balaban J connectivity index is 1.56. The van der Waals surface area contributed by atoms with Crippen LogP contribution in [0.2, 0.25) is 0 Å². The third-order valence-corrected chi connectivity index (χ3v) is 5.65. The molecule has 2 heterocycles. The van der Waals surface area contributed by atoms with Gasteiger partial charge in [0.15, 0.2) is 0 Å². The van der Waals surface area contributed by atoms with Crippen LogP contribution in [0.1, 0.15) is 30.6 Å². The minimum absolute atomic E-state index is 0.0426. The molecule has 0 aliphatic carbocycles. The molecule has 4 rings (SSSR count). The van der Waals surface area contributed by atoms with Crippen molar-refractivity contribution in [3.63, 3.8) is 0 Å². The van der Waals surface area contributed by atoms with Crippen LogP contribution in [0.3, 0.4) is 0 Å². The van der Waals surface area contributed by atoms with Gasteiger partial charge in [-0.25, -0.2) is 9.18 Å². The summed E-state index contributed by atoms with van der Waals surface area (Å²) in [5.74, 6) is -0.503. The Bertz CT molecular complexity index is 1080. The van der Waals surface area contributed by atoms with Crippen LogP contribution in [0, 0.1) is 5.82 Å². The first-order valence-electron chi connectivity index (χ1n) is 10.9. The summed E-state index contributed by atoms with van der Waals surface area (Å²) in [6.45, 7) is 3.53. The lowest BCUT2D eigenvalue weighted by Gasteiger charge is -2.38. The van der Waals surface area contributed by atoms with Crippen LogP contribution in [0.25, 0.3) is 0 Å². The average molecular weight is 435 g/mol. The minimum Gasteiger partial charge on any atom is -0.348 e. The van der Waals surface area contributed by atoms with Gasteiger partial charge in [0, 0.05) is 37.2 Å². The molecular formula is C25H27FN4O2. The number of para-hydroxylation sites is 1. The van der Waals surface area contributed by atoms with E-state index in [0.29, 0.717) is 30.9 Å². The zero-order valence-corrected chi connectivity index (χ0v) is 18.1. The summed E-state index contributed by atoms with van der Waals surface area (Å²) < 4.78 is 16.1. The highest BCUT2D eigenvalue weighted by Gasteiger charge is 2.33. The molecule has 32 heavy (non-hydrogen) atoms. The van der Waals surface area contributed by atoms with Crippen molar-refractivity contribution in [1.29, 1.82) is 0 Å². The van der Waals surface area contributed by atoms with E-state index in [9.17, 15) is 14.0 Å². The van der Waals surface area contributed by atoms with Crippen LogP contribution < -0.4 is 5.32 Å². The molecule has 7 heteroatoms. The summed E-state index contributed by atoms with van der Waals surface area (Å²) in [5.41, 5.74) is 2.33. The molecule has 0 saturated carbocycles. The minimum atomic E-state index is -0.400. The third kappa shape index (κ3) is 4.66. The molecule has 3 aromatic rings. The second kappa shape index (κ2) is 9.68. The Labute approximate surface area is 187 Å². The quantitative estimate of drug-likeness (QED) is 0.621. The lowest BCUT2D eigenvalue weighted by molar-refractivity contribution is -0.134. The summed E-state index contributed by atoms with van der Waals surface area (Å²) in [7, 11) is 0. The van der Waals surface area contributed by atoms with E-state index >= 15 is 0 Å². The Kier molecular flexibility index (Phi) is 6.54. The lowest BCUT2D eigenvalue weighted by atomic mass is 9.99. The van der Waals surface area contributed by atoms with Crippen molar-refractivity contribution in [1.82, 2.24) is 14.4 Å². The number of benzene rings is 2. The van der Waals surface area contributed by atoms with Crippen molar-refractivity contribution in [2.75, 3.05) is 25.0 Å². The zero-order chi connectivity index (χ0) is 22.5. The Morgan fingerprint density at radius 2 is 1.88 bits per heavy atom. The van der Waals surface area contributed by atoms with Crippen LogP contribution in [0.5, 0.6) is 0 Å². The van der Waals surface area contributed by atoms with Crippen molar-refractivity contribution in [2.24, 2.45) is 0 Å². The van der Waals surface area contributed by atoms with E-state index in [0.717, 1.165) is 12.1 Å². The van der Waals surface area contributed by atoms with Gasteiger partial charge >= 0.3 is 6.03 Å². The van der Waals surface area contributed by atoms with Crippen molar-refractivity contribution < 1.29 is 14.0 Å². The third-order valence-electron chi connectivity index (χ3n) is 5.65. The fourth-order valence-electron chi connectivity index (χ4n) is 4.18. The molecule has 1 aromatic heterocycles. The first kappa shape index (κ1) is 21.6. The maximum atomic E-state index is 14.0. The van der Waals surface area contributed by atoms with E-state index in [1.54, 1.807) is 11.0 Å². The molecule has 1 aliphatic heterocycles. The molecule has 166 valence electrons. The largest absolute Gasteiger partial charge is 0.348 e. The molecule has 1 N–H and O–H groups in total. The van der Waals surface area contributed by atoms with E-state index in [2.05, 4.69) is 9.88 Å². The van der Waals surface area contributed by atoms with Crippen LogP contribution in [-0.4, -0.2) is 45.9 Å². The van der Waals surface area contributed by atoms with Crippen LogP contribution >= 0.6 is 0 Å². The molecule has 3 amide bonds. The summed E-state index contributed by atoms with van der Waals surface area (Å²) in [5, 5.41) is 2.86. The number of anilines is 1. The van der Waals surface area contributed by atoms with Gasteiger partial charge in [-0.2, -0.15) is 0 Å². The fraction of sp³-hybridized carbons (Fsp3) is 0.280. The number of nitrogens with one attached hydrogen (secondary N) is 1. The van der Waals surface area contributed by atoms with Gasteiger partial charge in [0.25, 0.3) is 0 Å². The van der Waals surface area contributed by atoms with Crippen molar-refractivity contribution >= 4 is 17.6 Å². The first-order chi connectivity index (χ1) is 15.6. The highest BCUT2D eigenvalue weighted by atomic mass is 19.1. The molecule has 6 nitrogen and oxygen atoms in total. The molecule has 2 aromatic carbocycles. The number of aromatic nitrogens is 1. The smallest absolute Gasteiger partial charge is 0.322 e. The SMILES string of the molecule is CCCN(CC(=O)N1CCn2cccc2[C@H]1c1cccc(F)c1)C(=O)Nc1ccccc1. The van der Waals surface area contributed by atoms with E-state index in [4.69, 9.17) is 0 Å². The number of nitrogens with zero attached hydrogens (tertiary/aromatic N) is 3. The Hall–Kier alpha value is -3.61. The van der Waals surface area contributed by atoms with Gasteiger partial charge in [-0.3, -0.25) is 4.79 Å². The van der Waals surface area contributed by atoms with E-state index in [-0.39, 0.29) is 24.3 Å². The number of halogens is 1. The van der Waals surface area contributed by atoms with Crippen LogP contribution in [-0.2, 0) is 11.3 Å². The molecule has 0 radical (unpaired) electrons. The van der Waals surface area contributed by atoms with Crippen LogP contribution in [0.4, 0.5) is 14.9 Å². The number of urea groups is 1. The maximum Gasteiger partial charge on any atom is 0.322 e. The van der Waals surface area contributed by atoms with Gasteiger partial charge in [0.1, 0.15) is 12.4 Å². The number of rotatable bonds is 6. The summed E-state index contributed by atoms with van der Waals surface area (Å²) in [4.78, 5) is 29.6. The van der Waals surface area contributed by atoms with E-state index in [1.807, 2.05) is 61.7 Å². The molecule has 0 spiro atoms. The summed E-state index contributed by atoms with van der Waals surface area (Å²) in [6.07, 6.45) is 2.70. The van der Waals surface area contributed by atoms with Crippen molar-refractivity contribution in [2.45, 2.75) is 25.9 Å². The standard InChI is InChI=1S/C25H27FN4O2/c1-2-13-29(25(32)27-21-10-4-3-5-11-21)18-23(31)30-16-15-28-14-7-12-22(28)24(30)19-8-6-9-20(26)17-19/h3-12,14,17,24H,2,13,15-16,18H2,1H3,(H,27,32)/t24-/m1/s1. The number of amides is 3. The van der Waals surface area contributed by atoms with Gasteiger partial charge < -0.3 is 19.7 Å². The van der Waals surface area contributed by atoms with E-state index in [1.165, 1.54) is 17.0 Å². The Morgan fingerprint density at radius 3 is 2.62 bits per heavy atom. The number of hydrogen-bond donors (Lipinski definition) is 1. The average Bonchev–Trinajstić information content (AvgIpc) is 3.27. The summed E-state index contributed by atoms with van der Waals surface area (Å²) >= 11 is 0. The zero-order valence-electron chi connectivity index (χ0n) is 18.1. The first-order valence-corrected chi connectivity index (χ1v) is 10.9. The highest BCUT2D eigenvalue weighted by Crippen LogP contribution is 2.32. The summed E-state index contributed by atoms with van der Waals surface area (Å²) in [6, 6.07) is 18.7. The van der Waals surface area contributed by atoms with Gasteiger partial charge in [-0.15, -0.1) is 0 Å². The fourth-order valence-corrected chi connectivity index (χ4v) is 4.18. The molecular weight excluding hydrogens is 407 g/mol. The van der Waals surface area contributed by atoms with Gasteiger partial charge in [0.2, 0.25) is 5.91 Å². The second-order valence-electron chi connectivity index (χ2n) is 7.89. The normalized spacial score (nSPS) is 15.2. The van der Waals surface area contributed by atoms with E-state index < -0.39 is 6.04 Å².